The summed E-state index contributed by atoms with van der Waals surface area (Å²) in [4.78, 5) is 21.9. The predicted octanol–water partition coefficient (Wildman–Crippen LogP) is 4.04. The molecule has 0 bridgehead atoms. The number of fused-ring (bicyclic) bond motifs is 1. The van der Waals surface area contributed by atoms with Crippen LogP contribution in [0.25, 0.3) is 10.2 Å². The van der Waals surface area contributed by atoms with Crippen molar-refractivity contribution in [2.45, 2.75) is 12.1 Å². The predicted molar refractivity (Wildman–Crippen MR) is 116 cm³/mol. The Labute approximate surface area is 172 Å². The molecule has 0 aliphatic carbocycles. The number of aromatic nitrogens is 4. The van der Waals surface area contributed by atoms with Gasteiger partial charge in [-0.25, -0.2) is 15.5 Å². The highest BCUT2D eigenvalue weighted by molar-refractivity contribution is 7.99. The topological polar surface area (TPSA) is 108 Å². The summed E-state index contributed by atoms with van der Waals surface area (Å²) >= 11 is 4.29. The Morgan fingerprint density at radius 1 is 1.25 bits per heavy atom. The van der Waals surface area contributed by atoms with Crippen LogP contribution in [-0.4, -0.2) is 37.5 Å². The van der Waals surface area contributed by atoms with E-state index in [9.17, 15) is 4.79 Å². The lowest BCUT2D eigenvalue weighted by Gasteiger charge is -1.99. The van der Waals surface area contributed by atoms with E-state index in [4.69, 9.17) is 0 Å². The van der Waals surface area contributed by atoms with Gasteiger partial charge in [0.15, 0.2) is 5.13 Å². The lowest BCUT2D eigenvalue weighted by molar-refractivity contribution is -0.113. The number of carbonyl (C=O) groups excluding carboxylic acids is 1. The van der Waals surface area contributed by atoms with Gasteiger partial charge < -0.3 is 5.32 Å². The van der Waals surface area contributed by atoms with Gasteiger partial charge in [0.1, 0.15) is 0 Å². The summed E-state index contributed by atoms with van der Waals surface area (Å²) in [6.07, 6.45) is 0. The fourth-order valence-electron chi connectivity index (χ4n) is 2.25. The number of aromatic amines is 1. The van der Waals surface area contributed by atoms with Crippen LogP contribution in [0.15, 0.2) is 52.0 Å². The van der Waals surface area contributed by atoms with E-state index >= 15 is 0 Å². The maximum Gasteiger partial charge on any atom is 0.240 e. The van der Waals surface area contributed by atoms with Crippen molar-refractivity contribution in [3.63, 3.8) is 0 Å². The van der Waals surface area contributed by atoms with Crippen molar-refractivity contribution in [3.05, 3.63) is 46.7 Å². The van der Waals surface area contributed by atoms with E-state index in [1.54, 1.807) is 11.3 Å². The molecule has 0 aliphatic rings. The molecular formula is C17H15N7OS3. The van der Waals surface area contributed by atoms with Crippen molar-refractivity contribution < 1.29 is 4.79 Å². The quantitative estimate of drug-likeness (QED) is 0.232. The van der Waals surface area contributed by atoms with Gasteiger partial charge in [0.05, 0.1) is 21.7 Å². The molecule has 0 radical (unpaired) electrons. The number of carbonyl (C=O) groups is 1. The molecule has 11 heteroatoms. The number of para-hydroxylation sites is 1. The number of anilines is 2. The maximum atomic E-state index is 12.1. The first-order valence-electron chi connectivity index (χ1n) is 8.22. The molecule has 1 aromatic carbocycles. The van der Waals surface area contributed by atoms with Crippen molar-refractivity contribution in [1.82, 2.24) is 20.2 Å². The van der Waals surface area contributed by atoms with Crippen LogP contribution in [0.1, 0.15) is 11.8 Å². The highest BCUT2D eigenvalue weighted by Gasteiger charge is 2.10. The lowest BCUT2D eigenvalue weighted by atomic mass is 10.3. The first-order chi connectivity index (χ1) is 13.7. The lowest BCUT2D eigenvalue weighted by Crippen LogP contribution is -2.13. The number of thioether (sulfide) groups is 1. The van der Waals surface area contributed by atoms with Gasteiger partial charge in [0, 0.05) is 4.88 Å². The third kappa shape index (κ3) is 4.55. The largest absolute Gasteiger partial charge is 0.301 e. The standard InChI is InChI=1S/C17H15N7OS3/c1-10(12-7-4-8-26-12)21-22-15-20-17(24-23-15)27-9-14(25)19-16-18-11-5-2-3-6-13(11)28-16/h2-8H,9H2,1H3,(H,18,19,25)(H2,20,22,23,24)/b21-10-. The number of hydrogen-bond donors (Lipinski definition) is 3. The number of benzene rings is 1. The Morgan fingerprint density at radius 2 is 2.14 bits per heavy atom. The Balaban J connectivity index is 1.29. The molecule has 28 heavy (non-hydrogen) atoms. The van der Waals surface area contributed by atoms with Gasteiger partial charge in [0.2, 0.25) is 17.0 Å². The number of nitrogens with zero attached hydrogens (tertiary/aromatic N) is 4. The molecule has 4 rings (SSSR count). The summed E-state index contributed by atoms with van der Waals surface area (Å²) in [5, 5.41) is 17.0. The van der Waals surface area contributed by atoms with E-state index < -0.39 is 0 Å². The number of thiophene rings is 1. The maximum absolute atomic E-state index is 12.1. The van der Waals surface area contributed by atoms with E-state index in [1.807, 2.05) is 48.7 Å². The zero-order valence-corrected chi connectivity index (χ0v) is 17.1. The molecule has 3 heterocycles. The molecule has 1 amide bonds. The molecule has 142 valence electrons. The summed E-state index contributed by atoms with van der Waals surface area (Å²) in [5.74, 6) is 0.449. The molecule has 0 saturated carbocycles. The van der Waals surface area contributed by atoms with Gasteiger partial charge in [0.25, 0.3) is 0 Å². The third-order valence-electron chi connectivity index (χ3n) is 3.54. The minimum atomic E-state index is -0.157. The van der Waals surface area contributed by atoms with Crippen LogP contribution in [-0.2, 0) is 4.79 Å². The van der Waals surface area contributed by atoms with Gasteiger partial charge >= 0.3 is 0 Å². The molecule has 0 unspecified atom stereocenters. The van der Waals surface area contributed by atoms with Crippen LogP contribution >= 0.6 is 34.4 Å². The fraction of sp³-hybridized carbons (Fsp3) is 0.118. The van der Waals surface area contributed by atoms with E-state index in [0.29, 0.717) is 16.2 Å². The third-order valence-corrected chi connectivity index (χ3v) is 6.32. The molecule has 8 nitrogen and oxygen atoms in total. The Morgan fingerprint density at radius 3 is 2.96 bits per heavy atom. The molecule has 0 saturated heterocycles. The van der Waals surface area contributed by atoms with Crippen LogP contribution < -0.4 is 10.7 Å². The molecule has 0 aliphatic heterocycles. The highest BCUT2D eigenvalue weighted by atomic mass is 32.2. The smallest absolute Gasteiger partial charge is 0.240 e. The first-order valence-corrected chi connectivity index (χ1v) is 10.9. The van der Waals surface area contributed by atoms with Gasteiger partial charge in [-0.05, 0) is 30.5 Å². The monoisotopic (exact) mass is 429 g/mol. The zero-order chi connectivity index (χ0) is 19.3. The molecular weight excluding hydrogens is 414 g/mol. The first kappa shape index (κ1) is 18.6. The number of H-pyrrole nitrogens is 1. The summed E-state index contributed by atoms with van der Waals surface area (Å²) in [7, 11) is 0. The van der Waals surface area contributed by atoms with Gasteiger partial charge in [-0.2, -0.15) is 10.1 Å². The average molecular weight is 430 g/mol. The number of amides is 1. The van der Waals surface area contributed by atoms with Crippen molar-refractivity contribution in [3.8, 4) is 0 Å². The minimum absolute atomic E-state index is 0.157. The number of rotatable bonds is 7. The molecule has 3 N–H and O–H groups in total. The van der Waals surface area contributed by atoms with Crippen molar-refractivity contribution in [1.29, 1.82) is 0 Å². The van der Waals surface area contributed by atoms with Crippen molar-refractivity contribution in [2.75, 3.05) is 16.5 Å². The molecule has 0 atom stereocenters. The number of thiazole rings is 1. The minimum Gasteiger partial charge on any atom is -0.301 e. The molecule has 3 aromatic heterocycles. The highest BCUT2D eigenvalue weighted by Crippen LogP contribution is 2.25. The summed E-state index contributed by atoms with van der Waals surface area (Å²) in [5.41, 5.74) is 4.57. The van der Waals surface area contributed by atoms with E-state index in [1.165, 1.54) is 23.1 Å². The summed E-state index contributed by atoms with van der Waals surface area (Å²) < 4.78 is 1.04. The zero-order valence-electron chi connectivity index (χ0n) is 14.7. The van der Waals surface area contributed by atoms with E-state index in [-0.39, 0.29) is 11.7 Å². The number of nitrogens with one attached hydrogen (secondary N) is 3. The Kier molecular flexibility index (Phi) is 5.65. The van der Waals surface area contributed by atoms with Crippen LogP contribution in [0.3, 0.4) is 0 Å². The second-order valence-electron chi connectivity index (χ2n) is 5.58. The normalized spacial score (nSPS) is 11.7. The van der Waals surface area contributed by atoms with E-state index in [0.717, 1.165) is 20.8 Å². The van der Waals surface area contributed by atoms with Crippen LogP contribution in [0.5, 0.6) is 0 Å². The van der Waals surface area contributed by atoms with Crippen molar-refractivity contribution in [2.24, 2.45) is 5.10 Å². The second-order valence-corrected chi connectivity index (χ2v) is 8.50. The van der Waals surface area contributed by atoms with E-state index in [2.05, 4.69) is 36.0 Å². The van der Waals surface area contributed by atoms with Crippen LogP contribution in [0.2, 0.25) is 0 Å². The van der Waals surface area contributed by atoms with Crippen molar-refractivity contribution >= 4 is 67.4 Å². The second kappa shape index (κ2) is 8.50. The summed E-state index contributed by atoms with van der Waals surface area (Å²) in [6.45, 7) is 1.91. The fourth-order valence-corrected chi connectivity index (χ4v) is 4.41. The molecule has 4 aromatic rings. The summed E-state index contributed by atoms with van der Waals surface area (Å²) in [6, 6.07) is 11.7. The van der Waals surface area contributed by atoms with Crippen LogP contribution in [0, 0.1) is 0 Å². The van der Waals surface area contributed by atoms with Crippen LogP contribution in [0.4, 0.5) is 11.1 Å². The van der Waals surface area contributed by atoms with Gasteiger partial charge in [-0.15, -0.1) is 16.4 Å². The average Bonchev–Trinajstić information content (AvgIpc) is 3.44. The molecule has 0 spiro atoms. The van der Waals surface area contributed by atoms with Gasteiger partial charge in [-0.1, -0.05) is 41.3 Å². The Hall–Kier alpha value is -2.76. The molecule has 0 fully saturated rings. The SMILES string of the molecule is C/C(=N/Nc1nc(SCC(=O)Nc2nc3ccccc3s2)n[nH]1)c1cccs1. The number of hydrazone groups is 1. The number of hydrogen-bond acceptors (Lipinski definition) is 9. The van der Waals surface area contributed by atoms with Gasteiger partial charge in [-0.3, -0.25) is 4.79 Å². The Bertz CT molecular complexity index is 1080.